The van der Waals surface area contributed by atoms with Crippen LogP contribution >= 0.6 is 20.0 Å². The van der Waals surface area contributed by atoms with Crippen LogP contribution in [0.2, 0.25) is 5.02 Å². The minimum Gasteiger partial charge on any atom is -0.459 e. The molecule has 0 bridgehead atoms. The number of hydrogen-bond acceptors (Lipinski definition) is 8. The minimum absolute atomic E-state index is 0.0955. The van der Waals surface area contributed by atoms with Gasteiger partial charge in [0.25, 0.3) is 5.90 Å². The summed E-state index contributed by atoms with van der Waals surface area (Å²) in [5.74, 6) is 0.260. The molecule has 0 aromatic heterocycles. The number of aliphatic imine (C=N–C) groups is 1. The molecule has 0 radical (unpaired) electrons. The van der Waals surface area contributed by atoms with Gasteiger partial charge in [0, 0.05) is 5.02 Å². The topological polar surface area (TPSA) is 87.9 Å². The Balaban J connectivity index is 1.85. The van der Waals surface area contributed by atoms with Gasteiger partial charge < -0.3 is 13.8 Å². The molecule has 10 heteroatoms. The Labute approximate surface area is 195 Å². The average Bonchev–Trinajstić information content (AvgIpc) is 3.53. The third kappa shape index (κ3) is 5.98. The highest BCUT2D eigenvalue weighted by Crippen LogP contribution is 2.52. The van der Waals surface area contributed by atoms with Gasteiger partial charge >= 0.3 is 5.97 Å². The SMILES string of the molecule is CCOP(OCC)C(CC1=NC(C2(c3ccccc3Cl)CC2)=NOO1)C(=O)OC(C)(C)C. The summed E-state index contributed by atoms with van der Waals surface area (Å²) in [5, 5.41) is 4.69. The van der Waals surface area contributed by atoms with Gasteiger partial charge in [-0.15, -0.1) is 0 Å². The first-order valence-corrected chi connectivity index (χ1v) is 12.4. The number of ether oxygens (including phenoxy) is 1. The van der Waals surface area contributed by atoms with Crippen LogP contribution < -0.4 is 0 Å². The van der Waals surface area contributed by atoms with Crippen LogP contribution in [-0.4, -0.2) is 42.2 Å². The van der Waals surface area contributed by atoms with E-state index >= 15 is 0 Å². The largest absolute Gasteiger partial charge is 0.459 e. The normalized spacial score (nSPS) is 18.2. The maximum Gasteiger partial charge on any atom is 0.319 e. The van der Waals surface area contributed by atoms with Gasteiger partial charge in [-0.2, -0.15) is 9.98 Å². The highest BCUT2D eigenvalue weighted by Gasteiger charge is 2.52. The zero-order chi connectivity index (χ0) is 23.4. The van der Waals surface area contributed by atoms with E-state index in [1.807, 2.05) is 58.9 Å². The second-order valence-electron chi connectivity index (χ2n) is 8.51. The Morgan fingerprint density at radius 1 is 1.22 bits per heavy atom. The number of esters is 1. The van der Waals surface area contributed by atoms with Crippen LogP contribution in [0.4, 0.5) is 0 Å². The Hall–Kier alpha value is -1.73. The van der Waals surface area contributed by atoms with Crippen LogP contribution in [0.25, 0.3) is 0 Å². The number of carbonyl (C=O) groups is 1. The lowest BCUT2D eigenvalue weighted by molar-refractivity contribution is -0.228. The van der Waals surface area contributed by atoms with E-state index in [2.05, 4.69) is 10.1 Å². The third-order valence-electron chi connectivity index (χ3n) is 4.87. The van der Waals surface area contributed by atoms with Crippen molar-refractivity contribution in [2.45, 2.75) is 70.6 Å². The Morgan fingerprint density at radius 2 is 1.88 bits per heavy atom. The summed E-state index contributed by atoms with van der Waals surface area (Å²) >= 11 is 6.44. The van der Waals surface area contributed by atoms with E-state index in [0.717, 1.165) is 18.4 Å². The fraction of sp³-hybridized carbons (Fsp3) is 0.591. The molecule has 1 aromatic rings. The first-order chi connectivity index (χ1) is 15.2. The van der Waals surface area contributed by atoms with Crippen molar-refractivity contribution in [1.82, 2.24) is 0 Å². The van der Waals surface area contributed by atoms with Gasteiger partial charge in [0.15, 0.2) is 14.2 Å². The molecule has 176 valence electrons. The highest BCUT2D eigenvalue weighted by molar-refractivity contribution is 7.49. The zero-order valence-electron chi connectivity index (χ0n) is 19.1. The maximum atomic E-state index is 13.0. The molecule has 0 N–H and O–H groups in total. The maximum absolute atomic E-state index is 13.0. The molecule has 8 nitrogen and oxygen atoms in total. The summed E-state index contributed by atoms with van der Waals surface area (Å²) in [4.78, 5) is 27.9. The van der Waals surface area contributed by atoms with Crippen LogP contribution in [0.1, 0.15) is 59.4 Å². The molecule has 1 atom stereocenters. The fourth-order valence-corrected chi connectivity index (χ4v) is 5.16. The van der Waals surface area contributed by atoms with E-state index in [9.17, 15) is 4.79 Å². The van der Waals surface area contributed by atoms with Gasteiger partial charge in [0.05, 0.1) is 25.0 Å². The third-order valence-corrected chi connectivity index (χ3v) is 7.13. The Bertz CT molecular complexity index is 875. The molecule has 1 heterocycles. The Kier molecular flexibility index (Phi) is 8.15. The summed E-state index contributed by atoms with van der Waals surface area (Å²) in [5.41, 5.74) is -0.862. The molecule has 2 aliphatic rings. The molecule has 0 spiro atoms. The van der Waals surface area contributed by atoms with E-state index in [1.54, 1.807) is 0 Å². The van der Waals surface area contributed by atoms with E-state index < -0.39 is 31.0 Å². The van der Waals surface area contributed by atoms with Crippen molar-refractivity contribution >= 4 is 37.7 Å². The lowest BCUT2D eigenvalue weighted by Crippen LogP contribution is -2.34. The summed E-state index contributed by atoms with van der Waals surface area (Å²) < 4.78 is 17.1. The van der Waals surface area contributed by atoms with Gasteiger partial charge in [0.1, 0.15) is 11.3 Å². The number of amidine groups is 1. The van der Waals surface area contributed by atoms with Gasteiger partial charge in [-0.1, -0.05) is 29.8 Å². The van der Waals surface area contributed by atoms with Crippen LogP contribution in [0.5, 0.6) is 0 Å². The molecule has 1 saturated carbocycles. The Morgan fingerprint density at radius 3 is 2.44 bits per heavy atom. The molecule has 1 fully saturated rings. The molecule has 3 rings (SSSR count). The van der Waals surface area contributed by atoms with Gasteiger partial charge in [-0.05, 0) is 64.2 Å². The number of oxime groups is 1. The first-order valence-electron chi connectivity index (χ1n) is 10.7. The van der Waals surface area contributed by atoms with E-state index in [4.69, 9.17) is 35.3 Å². The van der Waals surface area contributed by atoms with Crippen LogP contribution in [0, 0.1) is 0 Å². The van der Waals surface area contributed by atoms with Crippen molar-refractivity contribution in [3.63, 3.8) is 0 Å². The summed E-state index contributed by atoms with van der Waals surface area (Å²) in [6.45, 7) is 9.94. The summed E-state index contributed by atoms with van der Waals surface area (Å²) in [6, 6.07) is 7.63. The number of carbonyl (C=O) groups excluding carboxylic acids is 1. The number of halogens is 1. The molecule has 1 aliphatic heterocycles. The van der Waals surface area contributed by atoms with Crippen molar-refractivity contribution < 1.29 is 28.5 Å². The van der Waals surface area contributed by atoms with E-state index in [0.29, 0.717) is 24.1 Å². The van der Waals surface area contributed by atoms with Crippen molar-refractivity contribution in [1.29, 1.82) is 0 Å². The summed E-state index contributed by atoms with van der Waals surface area (Å²) in [6.07, 6.45) is 1.78. The second-order valence-corrected chi connectivity index (χ2v) is 10.6. The van der Waals surface area contributed by atoms with Crippen molar-refractivity contribution in [3.05, 3.63) is 34.9 Å². The first kappa shape index (κ1) is 24.9. The van der Waals surface area contributed by atoms with Crippen LogP contribution in [0.3, 0.4) is 0 Å². The quantitative estimate of drug-likeness (QED) is 0.246. The fourth-order valence-electron chi connectivity index (χ4n) is 3.37. The molecule has 0 saturated heterocycles. The van der Waals surface area contributed by atoms with Gasteiger partial charge in [0.2, 0.25) is 0 Å². The molecule has 0 amide bonds. The zero-order valence-corrected chi connectivity index (χ0v) is 20.7. The highest BCUT2D eigenvalue weighted by atomic mass is 35.5. The van der Waals surface area contributed by atoms with Crippen LogP contribution in [-0.2, 0) is 33.9 Å². The summed E-state index contributed by atoms with van der Waals surface area (Å²) in [7, 11) is -1.57. The number of nitrogens with zero attached hydrogens (tertiary/aromatic N) is 2. The minimum atomic E-state index is -1.57. The van der Waals surface area contributed by atoms with Crippen molar-refractivity contribution in [3.8, 4) is 0 Å². The lowest BCUT2D eigenvalue weighted by atomic mass is 9.94. The molecule has 1 aliphatic carbocycles. The smallest absolute Gasteiger partial charge is 0.319 e. The van der Waals surface area contributed by atoms with E-state index in [1.165, 1.54) is 0 Å². The predicted molar refractivity (Wildman–Crippen MR) is 124 cm³/mol. The van der Waals surface area contributed by atoms with Gasteiger partial charge in [-0.25, -0.2) is 0 Å². The molecular formula is C22H30ClN2O6P. The lowest BCUT2D eigenvalue weighted by Gasteiger charge is -2.28. The number of hydrogen-bond donors (Lipinski definition) is 0. The molecular weight excluding hydrogens is 455 g/mol. The number of rotatable bonds is 10. The second kappa shape index (κ2) is 10.5. The molecule has 1 aromatic carbocycles. The van der Waals surface area contributed by atoms with Crippen molar-refractivity contribution in [2.75, 3.05) is 13.2 Å². The van der Waals surface area contributed by atoms with Crippen molar-refractivity contribution in [2.24, 2.45) is 10.1 Å². The van der Waals surface area contributed by atoms with Crippen LogP contribution in [0.15, 0.2) is 34.4 Å². The average molecular weight is 485 g/mol. The number of benzene rings is 1. The van der Waals surface area contributed by atoms with Gasteiger partial charge in [-0.3, -0.25) is 9.68 Å². The molecule has 32 heavy (non-hydrogen) atoms. The standard InChI is InChI=1S/C22H30ClN2O6P/c1-6-27-32(28-7-2)17(19(26)29-21(3,4)5)14-18-24-20(25-31-30-18)22(12-13-22)15-10-8-9-11-16(15)23/h8-11,17H,6-7,12-14H2,1-5H3. The predicted octanol–water partition coefficient (Wildman–Crippen LogP) is 5.53. The molecule has 1 unspecified atom stereocenters. The monoisotopic (exact) mass is 484 g/mol. The van der Waals surface area contributed by atoms with E-state index in [-0.39, 0.29) is 12.3 Å².